The second-order valence-corrected chi connectivity index (χ2v) is 5.99. The van der Waals surface area contributed by atoms with Crippen LogP contribution in [0.25, 0.3) is 11.1 Å². The molecule has 1 unspecified atom stereocenters. The summed E-state index contributed by atoms with van der Waals surface area (Å²) in [7, 11) is 1.66. The number of nitrogens with one attached hydrogen (secondary N) is 1. The third-order valence-corrected chi connectivity index (χ3v) is 3.74. The van der Waals surface area contributed by atoms with E-state index in [1.807, 2.05) is 48.5 Å². The highest BCUT2D eigenvalue weighted by molar-refractivity contribution is 6.30. The molecule has 2 aromatic rings. The first-order valence-electron chi connectivity index (χ1n) is 7.48. The van der Waals surface area contributed by atoms with Gasteiger partial charge in [0.15, 0.2) is 0 Å². The molecule has 4 nitrogen and oxygen atoms in total. The zero-order valence-corrected chi connectivity index (χ0v) is 14.0. The number of amides is 2. The number of nitrogens with zero attached hydrogens (tertiary/aromatic N) is 1. The first-order chi connectivity index (χ1) is 11.0. The Bertz CT molecular complexity index is 656. The lowest BCUT2D eigenvalue weighted by Crippen LogP contribution is -2.40. The van der Waals surface area contributed by atoms with E-state index in [0.29, 0.717) is 18.1 Å². The van der Waals surface area contributed by atoms with Crippen LogP contribution in [0.15, 0.2) is 48.5 Å². The third-order valence-electron chi connectivity index (χ3n) is 3.49. The lowest BCUT2D eigenvalue weighted by Gasteiger charge is -2.20. The van der Waals surface area contributed by atoms with Crippen LogP contribution in [0, 0.1) is 0 Å². The first-order valence-corrected chi connectivity index (χ1v) is 7.86. The summed E-state index contributed by atoms with van der Waals surface area (Å²) in [5.41, 5.74) is 3.13. The smallest absolute Gasteiger partial charge is 0.317 e. The van der Waals surface area contributed by atoms with Gasteiger partial charge in [0.05, 0.1) is 6.10 Å². The molecule has 0 saturated carbocycles. The lowest BCUT2D eigenvalue weighted by atomic mass is 10.00. The molecule has 2 rings (SSSR count). The number of aliphatic hydroxyl groups excluding tert-OH is 1. The van der Waals surface area contributed by atoms with Crippen molar-refractivity contribution in [2.45, 2.75) is 19.6 Å². The van der Waals surface area contributed by atoms with Crippen LogP contribution in [-0.4, -0.2) is 35.7 Å². The number of likely N-dealkylation sites (N-methyl/N-ethyl adjacent to an activating group) is 1. The molecule has 0 aliphatic carbocycles. The molecule has 0 fully saturated rings. The SMILES string of the molecule is CC(O)CN(C)C(=O)NCc1ccccc1-c1ccc(Cl)cc1. The standard InChI is InChI=1S/C18H21ClN2O2/c1-13(22)12-21(2)18(23)20-11-15-5-3-4-6-17(15)14-7-9-16(19)10-8-14/h3-10,13,22H,11-12H2,1-2H3,(H,20,23). The summed E-state index contributed by atoms with van der Waals surface area (Å²) in [6.07, 6.45) is -0.549. The average Bonchev–Trinajstić information content (AvgIpc) is 2.53. The lowest BCUT2D eigenvalue weighted by molar-refractivity contribution is 0.143. The number of benzene rings is 2. The Morgan fingerprint density at radius 3 is 2.52 bits per heavy atom. The van der Waals surface area contributed by atoms with Crippen molar-refractivity contribution in [1.82, 2.24) is 10.2 Å². The van der Waals surface area contributed by atoms with Gasteiger partial charge in [0.25, 0.3) is 0 Å². The van der Waals surface area contributed by atoms with Crippen molar-refractivity contribution < 1.29 is 9.90 Å². The maximum Gasteiger partial charge on any atom is 0.317 e. The Hall–Kier alpha value is -2.04. The van der Waals surface area contributed by atoms with Gasteiger partial charge in [0.2, 0.25) is 0 Å². The predicted octanol–water partition coefficient (Wildman–Crippen LogP) is 3.53. The quantitative estimate of drug-likeness (QED) is 0.880. The Morgan fingerprint density at radius 2 is 1.87 bits per heavy atom. The van der Waals surface area contributed by atoms with Gasteiger partial charge in [0, 0.05) is 25.2 Å². The molecular formula is C18H21ClN2O2. The fraction of sp³-hybridized carbons (Fsp3) is 0.278. The minimum absolute atomic E-state index is 0.211. The highest BCUT2D eigenvalue weighted by atomic mass is 35.5. The topological polar surface area (TPSA) is 52.6 Å². The van der Waals surface area contributed by atoms with E-state index in [0.717, 1.165) is 16.7 Å². The van der Waals surface area contributed by atoms with Crippen molar-refractivity contribution in [3.05, 3.63) is 59.1 Å². The predicted molar refractivity (Wildman–Crippen MR) is 93.4 cm³/mol. The summed E-state index contributed by atoms with van der Waals surface area (Å²) in [6, 6.07) is 15.3. The molecule has 23 heavy (non-hydrogen) atoms. The number of carbonyl (C=O) groups is 1. The van der Waals surface area contributed by atoms with Crippen molar-refractivity contribution in [3.63, 3.8) is 0 Å². The van der Waals surface area contributed by atoms with Gasteiger partial charge in [-0.15, -0.1) is 0 Å². The molecule has 0 bridgehead atoms. The van der Waals surface area contributed by atoms with Crippen LogP contribution in [0.5, 0.6) is 0 Å². The molecule has 122 valence electrons. The molecule has 0 saturated heterocycles. The van der Waals surface area contributed by atoms with E-state index in [-0.39, 0.29) is 6.03 Å². The third kappa shape index (κ3) is 4.98. The van der Waals surface area contributed by atoms with Crippen molar-refractivity contribution in [3.8, 4) is 11.1 Å². The van der Waals surface area contributed by atoms with Gasteiger partial charge >= 0.3 is 6.03 Å². The number of hydrogen-bond acceptors (Lipinski definition) is 2. The number of urea groups is 1. The van der Waals surface area contributed by atoms with Crippen molar-refractivity contribution >= 4 is 17.6 Å². The number of carbonyl (C=O) groups excluding carboxylic acids is 1. The Kier molecular flexibility index (Phi) is 6.02. The summed E-state index contributed by atoms with van der Waals surface area (Å²) in [5, 5.41) is 12.9. The monoisotopic (exact) mass is 332 g/mol. The van der Waals surface area contributed by atoms with Crippen LogP contribution in [0.3, 0.4) is 0 Å². The van der Waals surface area contributed by atoms with Crippen molar-refractivity contribution in [2.75, 3.05) is 13.6 Å². The fourth-order valence-corrected chi connectivity index (χ4v) is 2.50. The Labute approximate surface area is 141 Å². The van der Waals surface area contributed by atoms with Gasteiger partial charge < -0.3 is 15.3 Å². The van der Waals surface area contributed by atoms with Gasteiger partial charge in [0.1, 0.15) is 0 Å². The van der Waals surface area contributed by atoms with Crippen molar-refractivity contribution in [1.29, 1.82) is 0 Å². The van der Waals surface area contributed by atoms with E-state index in [4.69, 9.17) is 11.6 Å². The maximum atomic E-state index is 12.0. The summed E-state index contributed by atoms with van der Waals surface area (Å²) < 4.78 is 0. The minimum Gasteiger partial charge on any atom is -0.392 e. The largest absolute Gasteiger partial charge is 0.392 e. The van der Waals surface area contributed by atoms with Gasteiger partial charge in [-0.2, -0.15) is 0 Å². The number of rotatable bonds is 5. The molecular weight excluding hydrogens is 312 g/mol. The zero-order chi connectivity index (χ0) is 16.8. The van der Waals surface area contributed by atoms with Gasteiger partial charge in [-0.25, -0.2) is 4.79 Å². The highest BCUT2D eigenvalue weighted by Crippen LogP contribution is 2.25. The van der Waals surface area contributed by atoms with E-state index in [2.05, 4.69) is 5.32 Å². The summed E-state index contributed by atoms with van der Waals surface area (Å²) in [6.45, 7) is 2.37. The molecule has 1 atom stereocenters. The van der Waals surface area contributed by atoms with E-state index >= 15 is 0 Å². The van der Waals surface area contributed by atoms with E-state index in [9.17, 15) is 9.90 Å². The van der Waals surface area contributed by atoms with Gasteiger partial charge in [-0.3, -0.25) is 0 Å². The van der Waals surface area contributed by atoms with E-state index < -0.39 is 6.10 Å². The number of aliphatic hydroxyl groups is 1. The highest BCUT2D eigenvalue weighted by Gasteiger charge is 2.11. The number of halogens is 1. The molecule has 0 aromatic heterocycles. The first kappa shape index (κ1) is 17.3. The average molecular weight is 333 g/mol. The molecule has 0 aliphatic rings. The van der Waals surface area contributed by atoms with Crippen LogP contribution in [0.2, 0.25) is 5.02 Å². The molecule has 0 radical (unpaired) electrons. The Balaban J connectivity index is 2.09. The maximum absolute atomic E-state index is 12.0. The van der Waals surface area contributed by atoms with Crippen LogP contribution < -0.4 is 5.32 Å². The second kappa shape index (κ2) is 7.99. The Morgan fingerprint density at radius 1 is 1.22 bits per heavy atom. The summed E-state index contributed by atoms with van der Waals surface area (Å²) in [5.74, 6) is 0. The normalized spacial score (nSPS) is 11.8. The molecule has 0 spiro atoms. The van der Waals surface area contributed by atoms with Crippen LogP contribution in [0.4, 0.5) is 4.79 Å². The zero-order valence-electron chi connectivity index (χ0n) is 13.3. The van der Waals surface area contributed by atoms with E-state index in [1.165, 1.54) is 4.90 Å². The molecule has 2 N–H and O–H groups in total. The molecule has 2 aromatic carbocycles. The van der Waals surface area contributed by atoms with E-state index in [1.54, 1.807) is 14.0 Å². The molecule has 0 heterocycles. The summed E-state index contributed by atoms with van der Waals surface area (Å²) >= 11 is 5.94. The number of hydrogen-bond donors (Lipinski definition) is 2. The minimum atomic E-state index is -0.549. The van der Waals surface area contributed by atoms with Gasteiger partial charge in [-0.1, -0.05) is 48.0 Å². The molecule has 2 amide bonds. The van der Waals surface area contributed by atoms with Crippen LogP contribution in [-0.2, 0) is 6.54 Å². The summed E-state index contributed by atoms with van der Waals surface area (Å²) in [4.78, 5) is 13.5. The molecule has 0 aliphatic heterocycles. The van der Waals surface area contributed by atoms with Gasteiger partial charge in [-0.05, 0) is 35.7 Å². The fourth-order valence-electron chi connectivity index (χ4n) is 2.37. The molecule has 5 heteroatoms. The van der Waals surface area contributed by atoms with Crippen LogP contribution >= 0.6 is 11.6 Å². The van der Waals surface area contributed by atoms with Crippen LogP contribution in [0.1, 0.15) is 12.5 Å². The van der Waals surface area contributed by atoms with Crippen molar-refractivity contribution in [2.24, 2.45) is 0 Å². The second-order valence-electron chi connectivity index (χ2n) is 5.55.